The molecule has 2 aromatic rings. The SMILES string of the molecule is CCc1ccc([I+]c2ccccc2)cc1. The zero-order chi connectivity index (χ0) is 10.5. The molecule has 0 aliphatic carbocycles. The fourth-order valence-corrected chi connectivity index (χ4v) is 3.60. The van der Waals surface area contributed by atoms with Crippen LogP contribution in [0.1, 0.15) is 12.5 Å². The van der Waals surface area contributed by atoms with E-state index in [1.165, 1.54) is 12.7 Å². The predicted octanol–water partition coefficient (Wildman–Crippen LogP) is 0.377. The van der Waals surface area contributed by atoms with E-state index >= 15 is 0 Å². The van der Waals surface area contributed by atoms with E-state index in [1.54, 1.807) is 0 Å². The van der Waals surface area contributed by atoms with Crippen molar-refractivity contribution in [2.75, 3.05) is 0 Å². The Morgan fingerprint density at radius 2 is 1.40 bits per heavy atom. The van der Waals surface area contributed by atoms with Crippen LogP contribution in [0.15, 0.2) is 54.6 Å². The van der Waals surface area contributed by atoms with Crippen LogP contribution in [0.2, 0.25) is 0 Å². The fourth-order valence-electron chi connectivity index (χ4n) is 1.39. The van der Waals surface area contributed by atoms with Gasteiger partial charge in [0.15, 0.2) is 7.14 Å². The molecular weight excluding hydrogens is 295 g/mol. The minimum Gasteiger partial charge on any atom is -0.0619 e. The maximum atomic E-state index is 2.28. The van der Waals surface area contributed by atoms with Crippen LogP contribution in [-0.2, 0) is 6.42 Å². The summed E-state index contributed by atoms with van der Waals surface area (Å²) in [5.41, 5.74) is 1.43. The first-order valence-corrected chi connectivity index (χ1v) is 7.33. The van der Waals surface area contributed by atoms with Gasteiger partial charge in [-0.1, -0.05) is 37.3 Å². The third kappa shape index (κ3) is 3.06. The Hall–Kier alpha value is -0.830. The topological polar surface area (TPSA) is 0 Å². The first kappa shape index (κ1) is 10.7. The molecule has 0 amide bonds. The molecule has 0 saturated heterocycles. The van der Waals surface area contributed by atoms with Gasteiger partial charge in [-0.25, -0.2) is 0 Å². The van der Waals surface area contributed by atoms with E-state index in [1.807, 2.05) is 0 Å². The summed E-state index contributed by atoms with van der Waals surface area (Å²) in [5.74, 6) is 0. The quantitative estimate of drug-likeness (QED) is 0.719. The molecule has 0 N–H and O–H groups in total. The predicted molar refractivity (Wildman–Crippen MR) is 59.7 cm³/mol. The second-order valence-corrected chi connectivity index (χ2v) is 6.40. The summed E-state index contributed by atoms with van der Waals surface area (Å²) in [6, 6.07) is 19.8. The van der Waals surface area contributed by atoms with Gasteiger partial charge in [-0.05, 0) is 36.2 Å². The molecule has 0 unspecified atom stereocenters. The van der Waals surface area contributed by atoms with Gasteiger partial charge in [0.1, 0.15) is 0 Å². The molecule has 1 heteroatoms. The third-order valence-electron chi connectivity index (χ3n) is 2.27. The molecule has 15 heavy (non-hydrogen) atoms. The summed E-state index contributed by atoms with van der Waals surface area (Å²) in [6.07, 6.45) is 1.13. The summed E-state index contributed by atoms with van der Waals surface area (Å²) in [5, 5.41) is 0. The van der Waals surface area contributed by atoms with Crippen LogP contribution in [-0.4, -0.2) is 0 Å². The van der Waals surface area contributed by atoms with Crippen LogP contribution in [0.5, 0.6) is 0 Å². The second-order valence-electron chi connectivity index (χ2n) is 3.37. The Morgan fingerprint density at radius 1 is 0.800 bits per heavy atom. The molecule has 2 rings (SSSR count). The van der Waals surface area contributed by atoms with Crippen molar-refractivity contribution in [1.29, 1.82) is 0 Å². The lowest BCUT2D eigenvalue weighted by molar-refractivity contribution is -0.597. The Kier molecular flexibility index (Phi) is 3.78. The van der Waals surface area contributed by atoms with E-state index in [-0.39, 0.29) is 21.2 Å². The van der Waals surface area contributed by atoms with Crippen molar-refractivity contribution in [3.63, 3.8) is 0 Å². The van der Waals surface area contributed by atoms with Gasteiger partial charge in [0.05, 0.1) is 0 Å². The number of aryl methyl sites for hydroxylation is 1. The zero-order valence-corrected chi connectivity index (χ0v) is 10.9. The highest BCUT2D eigenvalue weighted by atomic mass is 127. The van der Waals surface area contributed by atoms with Crippen molar-refractivity contribution in [1.82, 2.24) is 0 Å². The first-order chi connectivity index (χ1) is 7.38. The van der Waals surface area contributed by atoms with Gasteiger partial charge >= 0.3 is 21.2 Å². The Morgan fingerprint density at radius 3 is 2.00 bits per heavy atom. The molecule has 0 aliphatic heterocycles. The van der Waals surface area contributed by atoms with Crippen molar-refractivity contribution in [3.05, 3.63) is 67.3 Å². The third-order valence-corrected chi connectivity index (χ3v) is 4.96. The molecule has 0 fully saturated rings. The Balaban J connectivity index is 2.11. The van der Waals surface area contributed by atoms with E-state index in [0.717, 1.165) is 6.42 Å². The number of halogens is 1. The zero-order valence-electron chi connectivity index (χ0n) is 8.78. The molecule has 0 aromatic heterocycles. The lowest BCUT2D eigenvalue weighted by atomic mass is 10.2. The maximum absolute atomic E-state index is 2.28. The average molecular weight is 309 g/mol. The van der Waals surface area contributed by atoms with Crippen LogP contribution in [0.4, 0.5) is 0 Å². The molecule has 0 saturated carbocycles. The van der Waals surface area contributed by atoms with Crippen molar-refractivity contribution in [2.24, 2.45) is 0 Å². The maximum Gasteiger partial charge on any atom is 0.357 e. The van der Waals surface area contributed by atoms with Gasteiger partial charge in [-0.15, -0.1) is 0 Å². The fraction of sp³-hybridized carbons (Fsp3) is 0.143. The van der Waals surface area contributed by atoms with Gasteiger partial charge in [0.25, 0.3) is 0 Å². The Labute approximate surface area is 102 Å². The van der Waals surface area contributed by atoms with Crippen LogP contribution < -0.4 is 21.2 Å². The van der Waals surface area contributed by atoms with Crippen LogP contribution in [0, 0.1) is 7.14 Å². The molecule has 0 atom stereocenters. The van der Waals surface area contributed by atoms with Gasteiger partial charge in [-0.2, -0.15) is 0 Å². The second kappa shape index (κ2) is 5.31. The van der Waals surface area contributed by atoms with E-state index in [9.17, 15) is 0 Å². The number of rotatable bonds is 3. The average Bonchev–Trinajstić information content (AvgIpc) is 2.31. The number of hydrogen-bond donors (Lipinski definition) is 0. The van der Waals surface area contributed by atoms with E-state index in [2.05, 4.69) is 61.5 Å². The van der Waals surface area contributed by atoms with E-state index in [4.69, 9.17) is 0 Å². The molecule has 2 aromatic carbocycles. The lowest BCUT2D eigenvalue weighted by Gasteiger charge is -1.92. The van der Waals surface area contributed by atoms with Gasteiger partial charge in [0.2, 0.25) is 0 Å². The summed E-state index contributed by atoms with van der Waals surface area (Å²) in [6.45, 7) is 2.20. The van der Waals surface area contributed by atoms with E-state index in [0.29, 0.717) is 0 Å². The summed E-state index contributed by atoms with van der Waals surface area (Å²) in [7, 11) is 0. The molecular formula is C14H14I+. The molecule has 0 radical (unpaired) electrons. The smallest absolute Gasteiger partial charge is 0.0619 e. The highest BCUT2D eigenvalue weighted by Gasteiger charge is 2.13. The molecule has 0 heterocycles. The van der Waals surface area contributed by atoms with Crippen molar-refractivity contribution < 1.29 is 21.2 Å². The van der Waals surface area contributed by atoms with Gasteiger partial charge in [-0.3, -0.25) is 0 Å². The molecule has 76 valence electrons. The van der Waals surface area contributed by atoms with Crippen molar-refractivity contribution in [3.8, 4) is 0 Å². The van der Waals surface area contributed by atoms with Gasteiger partial charge in [0, 0.05) is 0 Å². The molecule has 0 nitrogen and oxygen atoms in total. The van der Waals surface area contributed by atoms with E-state index < -0.39 is 0 Å². The van der Waals surface area contributed by atoms with Crippen molar-refractivity contribution >= 4 is 0 Å². The van der Waals surface area contributed by atoms with Crippen LogP contribution in [0.3, 0.4) is 0 Å². The van der Waals surface area contributed by atoms with Crippen molar-refractivity contribution in [2.45, 2.75) is 13.3 Å². The first-order valence-electron chi connectivity index (χ1n) is 5.17. The minimum absolute atomic E-state index is 0.0106. The molecule has 0 spiro atoms. The standard InChI is InChI=1S/C14H14I/c1-2-12-8-10-14(11-9-12)15-13-6-4-3-5-7-13/h3-11H,2H2,1H3/q+1. The normalized spacial score (nSPS) is 10.2. The van der Waals surface area contributed by atoms with Gasteiger partial charge < -0.3 is 0 Å². The molecule has 0 bridgehead atoms. The largest absolute Gasteiger partial charge is 0.357 e. The number of benzene rings is 2. The minimum atomic E-state index is 0.0106. The number of hydrogen-bond acceptors (Lipinski definition) is 0. The summed E-state index contributed by atoms with van der Waals surface area (Å²) >= 11 is 0.0106. The monoisotopic (exact) mass is 309 g/mol. The summed E-state index contributed by atoms with van der Waals surface area (Å²) in [4.78, 5) is 0. The highest BCUT2D eigenvalue weighted by Crippen LogP contribution is 1.97. The Bertz CT molecular complexity index is 403. The molecule has 0 aliphatic rings. The van der Waals surface area contributed by atoms with Crippen LogP contribution in [0.25, 0.3) is 0 Å². The highest BCUT2D eigenvalue weighted by molar-refractivity contribution is 5.14. The lowest BCUT2D eigenvalue weighted by Crippen LogP contribution is -3.61. The summed E-state index contributed by atoms with van der Waals surface area (Å²) < 4.78 is 2.98. The van der Waals surface area contributed by atoms with Crippen LogP contribution >= 0.6 is 0 Å².